The third kappa shape index (κ3) is 3.73. The molecule has 2 aromatic rings. The predicted molar refractivity (Wildman–Crippen MR) is 105 cm³/mol. The molecular formula is C19H21Cl2N5O2. The van der Waals surface area contributed by atoms with Crippen molar-refractivity contribution in [2.45, 2.75) is 51.2 Å². The molecule has 1 N–H and O–H groups in total. The van der Waals surface area contributed by atoms with Gasteiger partial charge in [0.05, 0.1) is 16.6 Å². The highest BCUT2D eigenvalue weighted by Crippen LogP contribution is 2.26. The molecule has 7 nitrogen and oxygen atoms in total. The minimum atomic E-state index is -0.495. The normalized spacial score (nSPS) is 18.8. The fourth-order valence-electron chi connectivity index (χ4n) is 3.86. The fourth-order valence-corrected chi connectivity index (χ4v) is 4.16. The molecule has 9 heteroatoms. The maximum absolute atomic E-state index is 12.9. The van der Waals surface area contributed by atoms with Crippen LogP contribution in [0.3, 0.4) is 0 Å². The molecule has 3 heterocycles. The molecule has 0 radical (unpaired) electrons. The van der Waals surface area contributed by atoms with Gasteiger partial charge in [-0.05, 0) is 43.9 Å². The first-order valence-corrected chi connectivity index (χ1v) is 10.2. The number of hydrogen-bond donors (Lipinski definition) is 1. The molecule has 2 amide bonds. The van der Waals surface area contributed by atoms with Gasteiger partial charge in [-0.1, -0.05) is 23.2 Å². The van der Waals surface area contributed by atoms with Crippen molar-refractivity contribution >= 4 is 35.0 Å². The van der Waals surface area contributed by atoms with Crippen LogP contribution in [0.1, 0.15) is 47.7 Å². The van der Waals surface area contributed by atoms with E-state index in [0.717, 1.165) is 43.9 Å². The number of carbonyl (C=O) groups excluding carboxylic acids is 2. The van der Waals surface area contributed by atoms with Crippen LogP contribution in [-0.4, -0.2) is 44.1 Å². The Balaban J connectivity index is 1.42. The van der Waals surface area contributed by atoms with Gasteiger partial charge in [0.2, 0.25) is 5.91 Å². The van der Waals surface area contributed by atoms with Crippen LogP contribution < -0.4 is 5.32 Å². The summed E-state index contributed by atoms with van der Waals surface area (Å²) >= 11 is 12.0. The Morgan fingerprint density at radius 1 is 1.11 bits per heavy atom. The van der Waals surface area contributed by atoms with Crippen molar-refractivity contribution in [3.05, 3.63) is 45.5 Å². The summed E-state index contributed by atoms with van der Waals surface area (Å²) in [6.07, 6.45) is 4.57. The highest BCUT2D eigenvalue weighted by atomic mass is 35.5. The van der Waals surface area contributed by atoms with E-state index in [0.29, 0.717) is 35.1 Å². The summed E-state index contributed by atoms with van der Waals surface area (Å²) in [6.45, 7) is 1.74. The maximum atomic E-state index is 12.9. The second-order valence-corrected chi connectivity index (χ2v) is 7.96. The highest BCUT2D eigenvalue weighted by Gasteiger charge is 2.34. The number of hydrogen-bond acceptors (Lipinski definition) is 4. The molecule has 1 fully saturated rings. The first-order chi connectivity index (χ1) is 13.5. The molecule has 0 spiro atoms. The molecule has 2 aliphatic rings. The fraction of sp³-hybridized carbons (Fsp3) is 0.474. The number of aromatic nitrogens is 3. The van der Waals surface area contributed by atoms with E-state index in [9.17, 15) is 9.59 Å². The number of benzene rings is 1. The maximum Gasteiger partial charge on any atom is 0.254 e. The molecule has 148 valence electrons. The molecular weight excluding hydrogens is 401 g/mol. The minimum absolute atomic E-state index is 0.168. The number of fused-ring (bicyclic) bond motifs is 1. The van der Waals surface area contributed by atoms with Crippen molar-refractivity contribution in [1.82, 2.24) is 25.0 Å². The largest absolute Gasteiger partial charge is 0.347 e. The van der Waals surface area contributed by atoms with Gasteiger partial charge in [0.15, 0.2) is 5.82 Å². The van der Waals surface area contributed by atoms with Gasteiger partial charge in [0.1, 0.15) is 11.9 Å². The van der Waals surface area contributed by atoms with Gasteiger partial charge in [-0.15, -0.1) is 10.2 Å². The van der Waals surface area contributed by atoms with E-state index in [1.807, 2.05) is 0 Å². The van der Waals surface area contributed by atoms with E-state index in [1.54, 1.807) is 23.1 Å². The number of nitrogens with one attached hydrogen (secondary N) is 1. The summed E-state index contributed by atoms with van der Waals surface area (Å²) in [5.41, 5.74) is 0.431. The van der Waals surface area contributed by atoms with Crippen molar-refractivity contribution in [3.8, 4) is 0 Å². The molecule has 1 aromatic carbocycles. The topological polar surface area (TPSA) is 80.1 Å². The Morgan fingerprint density at radius 3 is 2.79 bits per heavy atom. The number of amides is 2. The number of carbonyl (C=O) groups is 2. The SMILES string of the molecule is O=C(NCc1nnc2n1CCCC2)C1CCCN1C(=O)c1ccc(Cl)c(Cl)c1. The quantitative estimate of drug-likeness (QED) is 0.822. The lowest BCUT2D eigenvalue weighted by Gasteiger charge is -2.24. The number of halogens is 2. The first kappa shape index (κ1) is 19.2. The Kier molecular flexibility index (Phi) is 5.55. The van der Waals surface area contributed by atoms with Gasteiger partial charge in [0.25, 0.3) is 5.91 Å². The van der Waals surface area contributed by atoms with Crippen LogP contribution in [0, 0.1) is 0 Å². The van der Waals surface area contributed by atoms with Crippen molar-refractivity contribution in [3.63, 3.8) is 0 Å². The average Bonchev–Trinajstić information content (AvgIpc) is 3.35. The Morgan fingerprint density at radius 2 is 1.96 bits per heavy atom. The lowest BCUT2D eigenvalue weighted by atomic mass is 10.1. The average molecular weight is 422 g/mol. The molecule has 0 saturated carbocycles. The summed E-state index contributed by atoms with van der Waals surface area (Å²) in [4.78, 5) is 27.2. The zero-order valence-electron chi connectivity index (χ0n) is 15.3. The van der Waals surface area contributed by atoms with E-state index in [-0.39, 0.29) is 11.8 Å². The Bertz CT molecular complexity index is 914. The van der Waals surface area contributed by atoms with E-state index < -0.39 is 6.04 Å². The summed E-state index contributed by atoms with van der Waals surface area (Å²) in [6, 6.07) is 4.27. The van der Waals surface area contributed by atoms with Crippen molar-refractivity contribution in [1.29, 1.82) is 0 Å². The van der Waals surface area contributed by atoms with Gasteiger partial charge in [0, 0.05) is 25.1 Å². The van der Waals surface area contributed by atoms with Gasteiger partial charge in [-0.3, -0.25) is 9.59 Å². The highest BCUT2D eigenvalue weighted by molar-refractivity contribution is 6.42. The van der Waals surface area contributed by atoms with Crippen LogP contribution in [0.5, 0.6) is 0 Å². The molecule has 28 heavy (non-hydrogen) atoms. The van der Waals surface area contributed by atoms with Gasteiger partial charge in [-0.25, -0.2) is 0 Å². The molecule has 1 atom stereocenters. The summed E-state index contributed by atoms with van der Waals surface area (Å²) < 4.78 is 2.08. The Labute approximate surface area is 173 Å². The standard InChI is InChI=1S/C19H21Cl2N5O2/c20-13-7-6-12(10-14(13)21)19(28)25-9-3-4-15(25)18(27)22-11-17-24-23-16-5-1-2-8-26(16)17/h6-7,10,15H,1-5,8-9,11H2,(H,22,27). The molecule has 2 aliphatic heterocycles. The smallest absolute Gasteiger partial charge is 0.254 e. The monoisotopic (exact) mass is 421 g/mol. The van der Waals surface area contributed by atoms with E-state index in [1.165, 1.54) is 0 Å². The minimum Gasteiger partial charge on any atom is -0.347 e. The number of likely N-dealkylation sites (tertiary alicyclic amines) is 1. The third-order valence-electron chi connectivity index (χ3n) is 5.34. The summed E-state index contributed by atoms with van der Waals surface area (Å²) in [5.74, 6) is 1.37. The molecule has 4 rings (SSSR count). The number of rotatable bonds is 4. The zero-order chi connectivity index (χ0) is 19.7. The zero-order valence-corrected chi connectivity index (χ0v) is 16.8. The third-order valence-corrected chi connectivity index (χ3v) is 6.08. The molecule has 0 aliphatic carbocycles. The van der Waals surface area contributed by atoms with Crippen molar-refractivity contribution < 1.29 is 9.59 Å². The summed E-state index contributed by atoms with van der Waals surface area (Å²) in [7, 11) is 0. The Hall–Kier alpha value is -2.12. The van der Waals surface area contributed by atoms with E-state index in [4.69, 9.17) is 23.2 Å². The lowest BCUT2D eigenvalue weighted by molar-refractivity contribution is -0.125. The molecule has 1 aromatic heterocycles. The van der Waals surface area contributed by atoms with Crippen LogP contribution in [0.2, 0.25) is 10.0 Å². The number of nitrogens with zero attached hydrogens (tertiary/aromatic N) is 4. The second-order valence-electron chi connectivity index (χ2n) is 7.14. The van der Waals surface area contributed by atoms with Crippen molar-refractivity contribution in [2.24, 2.45) is 0 Å². The lowest BCUT2D eigenvalue weighted by Crippen LogP contribution is -2.46. The van der Waals surface area contributed by atoms with Crippen LogP contribution in [-0.2, 0) is 24.3 Å². The van der Waals surface area contributed by atoms with Crippen LogP contribution in [0.15, 0.2) is 18.2 Å². The molecule has 1 unspecified atom stereocenters. The van der Waals surface area contributed by atoms with Gasteiger partial charge >= 0.3 is 0 Å². The molecule has 1 saturated heterocycles. The van der Waals surface area contributed by atoms with Crippen LogP contribution in [0.25, 0.3) is 0 Å². The molecule has 0 bridgehead atoms. The van der Waals surface area contributed by atoms with E-state index in [2.05, 4.69) is 20.1 Å². The summed E-state index contributed by atoms with van der Waals surface area (Å²) in [5, 5.41) is 12.1. The van der Waals surface area contributed by atoms with Crippen LogP contribution >= 0.6 is 23.2 Å². The first-order valence-electron chi connectivity index (χ1n) is 9.49. The second kappa shape index (κ2) is 8.09. The number of aryl methyl sites for hydroxylation is 1. The van der Waals surface area contributed by atoms with Crippen LogP contribution in [0.4, 0.5) is 0 Å². The van der Waals surface area contributed by atoms with E-state index >= 15 is 0 Å². The van der Waals surface area contributed by atoms with Gasteiger partial charge in [-0.2, -0.15) is 0 Å². The van der Waals surface area contributed by atoms with Crippen molar-refractivity contribution in [2.75, 3.05) is 6.54 Å². The predicted octanol–water partition coefficient (Wildman–Crippen LogP) is 2.84. The van der Waals surface area contributed by atoms with Gasteiger partial charge < -0.3 is 14.8 Å².